The molecule has 1 saturated heterocycles. The van der Waals surface area contributed by atoms with Crippen molar-refractivity contribution >= 4 is 16.9 Å². The lowest BCUT2D eigenvalue weighted by Crippen LogP contribution is -2.29. The first-order valence-electron chi connectivity index (χ1n) is 7.44. The normalized spacial score (nSPS) is 18.0. The standard InChI is InChI=1S/C14H23N7/c1-15-13-11-9-16-20(3)14(11)18-12(17-13)10-21-6-4-5-19(2)7-8-21/h9H,4-8,10H2,1-3H3,(H,15,17,18). The van der Waals surface area contributed by atoms with Crippen molar-refractivity contribution in [1.82, 2.24) is 29.5 Å². The van der Waals surface area contributed by atoms with Crippen molar-refractivity contribution in [2.45, 2.75) is 13.0 Å². The number of hydrogen-bond donors (Lipinski definition) is 1. The Hall–Kier alpha value is -1.73. The maximum absolute atomic E-state index is 4.68. The zero-order chi connectivity index (χ0) is 14.8. The zero-order valence-corrected chi connectivity index (χ0v) is 13.0. The van der Waals surface area contributed by atoms with Crippen LogP contribution in [0.4, 0.5) is 5.82 Å². The fourth-order valence-corrected chi connectivity index (χ4v) is 2.79. The molecular formula is C14H23N7. The highest BCUT2D eigenvalue weighted by molar-refractivity contribution is 5.86. The molecule has 2 aromatic rings. The van der Waals surface area contributed by atoms with Crippen LogP contribution in [0, 0.1) is 0 Å². The second-order valence-electron chi connectivity index (χ2n) is 5.68. The maximum atomic E-state index is 4.68. The van der Waals surface area contributed by atoms with E-state index in [1.807, 2.05) is 20.3 Å². The summed E-state index contributed by atoms with van der Waals surface area (Å²) in [4.78, 5) is 14.1. The Labute approximate surface area is 125 Å². The monoisotopic (exact) mass is 289 g/mol. The number of anilines is 1. The molecule has 0 aromatic carbocycles. The number of likely N-dealkylation sites (N-methyl/N-ethyl adjacent to an activating group) is 1. The molecule has 1 aliphatic rings. The molecule has 1 aliphatic heterocycles. The van der Waals surface area contributed by atoms with Gasteiger partial charge in [0.05, 0.1) is 18.1 Å². The smallest absolute Gasteiger partial charge is 0.163 e. The Balaban J connectivity index is 1.84. The molecule has 0 amide bonds. The molecule has 0 aliphatic carbocycles. The Bertz CT molecular complexity index is 621. The van der Waals surface area contributed by atoms with E-state index in [9.17, 15) is 0 Å². The number of nitrogens with zero attached hydrogens (tertiary/aromatic N) is 6. The van der Waals surface area contributed by atoms with Gasteiger partial charge < -0.3 is 10.2 Å². The molecule has 21 heavy (non-hydrogen) atoms. The van der Waals surface area contributed by atoms with Crippen molar-refractivity contribution in [1.29, 1.82) is 0 Å². The molecule has 3 rings (SSSR count). The third-order valence-electron chi connectivity index (χ3n) is 4.05. The van der Waals surface area contributed by atoms with Crippen LogP contribution >= 0.6 is 0 Å². The fraction of sp³-hybridized carbons (Fsp3) is 0.643. The SMILES string of the molecule is CNc1nc(CN2CCCN(C)CC2)nc2c1cnn2C. The summed E-state index contributed by atoms with van der Waals surface area (Å²) < 4.78 is 1.80. The first kappa shape index (κ1) is 14.2. The van der Waals surface area contributed by atoms with Crippen molar-refractivity contribution in [3.63, 3.8) is 0 Å². The number of hydrogen-bond acceptors (Lipinski definition) is 6. The summed E-state index contributed by atoms with van der Waals surface area (Å²) in [5.74, 6) is 1.72. The number of fused-ring (bicyclic) bond motifs is 1. The van der Waals surface area contributed by atoms with Gasteiger partial charge in [0.1, 0.15) is 11.6 Å². The van der Waals surface area contributed by atoms with Crippen LogP contribution in [-0.2, 0) is 13.6 Å². The van der Waals surface area contributed by atoms with E-state index in [0.29, 0.717) is 0 Å². The first-order chi connectivity index (χ1) is 10.2. The summed E-state index contributed by atoms with van der Waals surface area (Å²) in [6.45, 7) is 5.24. The average Bonchev–Trinajstić information content (AvgIpc) is 2.72. The molecule has 2 aromatic heterocycles. The zero-order valence-electron chi connectivity index (χ0n) is 13.0. The van der Waals surface area contributed by atoms with Crippen LogP contribution in [0.15, 0.2) is 6.20 Å². The van der Waals surface area contributed by atoms with Crippen LogP contribution in [0.5, 0.6) is 0 Å². The molecule has 7 heteroatoms. The van der Waals surface area contributed by atoms with Crippen LogP contribution in [0.3, 0.4) is 0 Å². The van der Waals surface area contributed by atoms with Crippen molar-refractivity contribution in [3.8, 4) is 0 Å². The predicted molar refractivity (Wildman–Crippen MR) is 83.2 cm³/mol. The summed E-state index contributed by atoms with van der Waals surface area (Å²) in [6.07, 6.45) is 3.01. The highest BCUT2D eigenvalue weighted by atomic mass is 15.3. The van der Waals surface area contributed by atoms with Crippen molar-refractivity contribution in [2.75, 3.05) is 45.6 Å². The molecule has 0 saturated carbocycles. The topological polar surface area (TPSA) is 62.1 Å². The van der Waals surface area contributed by atoms with Crippen molar-refractivity contribution in [2.24, 2.45) is 7.05 Å². The summed E-state index contributed by atoms with van der Waals surface area (Å²) in [5, 5.41) is 8.39. The largest absolute Gasteiger partial charge is 0.372 e. The number of aromatic nitrogens is 4. The molecule has 0 radical (unpaired) electrons. The Morgan fingerprint density at radius 2 is 2.00 bits per heavy atom. The third kappa shape index (κ3) is 2.98. The number of aryl methyl sites for hydroxylation is 1. The van der Waals surface area contributed by atoms with Crippen LogP contribution in [0.1, 0.15) is 12.2 Å². The van der Waals surface area contributed by atoms with Crippen molar-refractivity contribution < 1.29 is 0 Å². The van der Waals surface area contributed by atoms with Gasteiger partial charge >= 0.3 is 0 Å². The molecule has 7 nitrogen and oxygen atoms in total. The lowest BCUT2D eigenvalue weighted by molar-refractivity contribution is 0.263. The highest BCUT2D eigenvalue weighted by Gasteiger charge is 2.16. The van der Waals surface area contributed by atoms with Crippen LogP contribution in [-0.4, -0.2) is 69.8 Å². The lowest BCUT2D eigenvalue weighted by atomic mass is 10.3. The Morgan fingerprint density at radius 1 is 1.14 bits per heavy atom. The van der Waals surface area contributed by atoms with Gasteiger partial charge in [0, 0.05) is 27.2 Å². The third-order valence-corrected chi connectivity index (χ3v) is 4.05. The molecule has 114 valence electrons. The molecule has 0 spiro atoms. The Kier molecular flexibility index (Phi) is 4.03. The van der Waals surface area contributed by atoms with Crippen molar-refractivity contribution in [3.05, 3.63) is 12.0 Å². The van der Waals surface area contributed by atoms with E-state index in [1.54, 1.807) is 4.68 Å². The molecule has 0 atom stereocenters. The first-order valence-corrected chi connectivity index (χ1v) is 7.44. The molecule has 0 bridgehead atoms. The van der Waals surface area contributed by atoms with E-state index in [4.69, 9.17) is 0 Å². The van der Waals surface area contributed by atoms with Gasteiger partial charge in [0.25, 0.3) is 0 Å². The van der Waals surface area contributed by atoms with E-state index in [1.165, 1.54) is 13.0 Å². The van der Waals surface area contributed by atoms with E-state index in [0.717, 1.165) is 48.9 Å². The average molecular weight is 289 g/mol. The van der Waals surface area contributed by atoms with Gasteiger partial charge in [0.15, 0.2) is 5.65 Å². The minimum Gasteiger partial charge on any atom is -0.372 e. The summed E-state index contributed by atoms with van der Waals surface area (Å²) in [7, 11) is 5.99. The van der Waals surface area contributed by atoms with E-state index in [2.05, 4.69) is 37.2 Å². The predicted octanol–water partition coefficient (Wildman–Crippen LogP) is 0.543. The summed E-state index contributed by atoms with van der Waals surface area (Å²) in [5.41, 5.74) is 0.885. The Morgan fingerprint density at radius 3 is 2.81 bits per heavy atom. The number of rotatable bonds is 3. The van der Waals surface area contributed by atoms with Crippen LogP contribution in [0.25, 0.3) is 11.0 Å². The molecule has 1 fully saturated rings. The summed E-state index contributed by atoms with van der Waals surface area (Å²) in [6, 6.07) is 0. The van der Waals surface area contributed by atoms with Gasteiger partial charge in [-0.25, -0.2) is 9.97 Å². The molecule has 0 unspecified atom stereocenters. The lowest BCUT2D eigenvalue weighted by Gasteiger charge is -2.19. The van der Waals surface area contributed by atoms with Gasteiger partial charge in [0.2, 0.25) is 0 Å². The van der Waals surface area contributed by atoms with E-state index in [-0.39, 0.29) is 0 Å². The molecular weight excluding hydrogens is 266 g/mol. The maximum Gasteiger partial charge on any atom is 0.163 e. The van der Waals surface area contributed by atoms with E-state index >= 15 is 0 Å². The van der Waals surface area contributed by atoms with Gasteiger partial charge in [-0.15, -0.1) is 0 Å². The molecule has 1 N–H and O–H groups in total. The minimum atomic E-state index is 0.795. The minimum absolute atomic E-state index is 0.795. The van der Waals surface area contributed by atoms with E-state index < -0.39 is 0 Å². The van der Waals surface area contributed by atoms with Crippen LogP contribution in [0.2, 0.25) is 0 Å². The summed E-state index contributed by atoms with van der Waals surface area (Å²) >= 11 is 0. The quantitative estimate of drug-likeness (QED) is 0.890. The van der Waals surface area contributed by atoms with Gasteiger partial charge in [-0.2, -0.15) is 5.10 Å². The van der Waals surface area contributed by atoms with Gasteiger partial charge in [-0.3, -0.25) is 9.58 Å². The van der Waals surface area contributed by atoms with Crippen LogP contribution < -0.4 is 5.32 Å². The second-order valence-corrected chi connectivity index (χ2v) is 5.68. The van der Waals surface area contributed by atoms with Gasteiger partial charge in [-0.1, -0.05) is 0 Å². The van der Waals surface area contributed by atoms with Gasteiger partial charge in [-0.05, 0) is 26.6 Å². The molecule has 3 heterocycles. The second kappa shape index (κ2) is 5.95. The highest BCUT2D eigenvalue weighted by Crippen LogP contribution is 2.19. The number of nitrogens with one attached hydrogen (secondary N) is 1. The fourth-order valence-electron chi connectivity index (χ4n) is 2.79.